The molecule has 0 spiro atoms. The molecule has 3 nitrogen and oxygen atoms in total. The monoisotopic (exact) mass is 204 g/mol. The second-order valence-corrected chi connectivity index (χ2v) is 4.34. The number of carbonyl (C=O) groups excluding carboxylic acids is 1. The third-order valence-electron chi connectivity index (χ3n) is 2.78. The van der Waals surface area contributed by atoms with E-state index < -0.39 is 12.7 Å². The van der Waals surface area contributed by atoms with Gasteiger partial charge < -0.3 is 9.68 Å². The van der Waals surface area contributed by atoms with E-state index in [0.29, 0.717) is 11.0 Å². The van der Waals surface area contributed by atoms with Crippen molar-refractivity contribution in [3.63, 3.8) is 0 Å². The molecule has 0 radical (unpaired) electrons. The average molecular weight is 204 g/mol. The first kappa shape index (κ1) is 10.4. The number of benzene rings is 1. The summed E-state index contributed by atoms with van der Waals surface area (Å²) < 4.78 is 5.40. The first-order valence-corrected chi connectivity index (χ1v) is 4.93. The number of fused-ring (bicyclic) bond motifs is 1. The Labute approximate surface area is 89.2 Å². The Kier molecular flexibility index (Phi) is 2.21. The quantitative estimate of drug-likeness (QED) is 0.544. The van der Waals surface area contributed by atoms with Gasteiger partial charge in [-0.1, -0.05) is 18.2 Å². The molecule has 0 fully saturated rings. The summed E-state index contributed by atoms with van der Waals surface area (Å²) in [4.78, 5) is 11.2. The van der Waals surface area contributed by atoms with Crippen molar-refractivity contribution in [2.75, 3.05) is 0 Å². The van der Waals surface area contributed by atoms with E-state index in [4.69, 9.17) is 4.65 Å². The molecular formula is C11H13BO3. The molecule has 1 aliphatic rings. The molecule has 1 N–H and O–H groups in total. The number of ketones is 1. The Bertz CT molecular complexity index is 426. The summed E-state index contributed by atoms with van der Waals surface area (Å²) in [5.41, 5.74) is 1.77. The minimum Gasteiger partial charge on any atom is -0.423 e. The van der Waals surface area contributed by atoms with Gasteiger partial charge in [0.15, 0.2) is 5.78 Å². The molecule has 0 aromatic heterocycles. The molecule has 0 atom stereocenters. The second-order valence-electron chi connectivity index (χ2n) is 4.34. The van der Waals surface area contributed by atoms with Gasteiger partial charge in [-0.3, -0.25) is 4.79 Å². The zero-order chi connectivity index (χ0) is 11.2. The van der Waals surface area contributed by atoms with Crippen LogP contribution in [0, 0.1) is 0 Å². The molecule has 1 aliphatic heterocycles. The van der Waals surface area contributed by atoms with Gasteiger partial charge in [0, 0.05) is 5.56 Å². The van der Waals surface area contributed by atoms with E-state index in [2.05, 4.69) is 0 Å². The van der Waals surface area contributed by atoms with Crippen molar-refractivity contribution in [2.45, 2.75) is 26.4 Å². The minimum atomic E-state index is -0.922. The molecule has 2 rings (SSSR count). The van der Waals surface area contributed by atoms with E-state index in [9.17, 15) is 9.82 Å². The molecule has 0 saturated heterocycles. The lowest BCUT2D eigenvalue weighted by Gasteiger charge is -2.19. The number of hydrogen-bond acceptors (Lipinski definition) is 3. The number of hydrogen-bond donors (Lipinski definition) is 1. The second kappa shape index (κ2) is 3.19. The van der Waals surface area contributed by atoms with Crippen LogP contribution in [0.4, 0.5) is 0 Å². The van der Waals surface area contributed by atoms with Crippen LogP contribution in [0.3, 0.4) is 0 Å². The minimum absolute atomic E-state index is 0.00490. The average Bonchev–Trinajstić information content (AvgIpc) is 2.37. The van der Waals surface area contributed by atoms with Crippen LogP contribution in [-0.2, 0) is 10.3 Å². The standard InChI is InChI=1S/C11H13BO3/c1-7(13)8-4-5-9-10(6-8)12(14)15-11(9,2)3/h4-6,14H,1-3H3. The molecule has 1 aromatic carbocycles. The van der Waals surface area contributed by atoms with Crippen molar-refractivity contribution in [1.29, 1.82) is 0 Å². The van der Waals surface area contributed by atoms with Gasteiger partial charge in [-0.2, -0.15) is 0 Å². The predicted octanol–water partition coefficient (Wildman–Crippen LogP) is 0.842. The third-order valence-corrected chi connectivity index (χ3v) is 2.78. The molecule has 0 aliphatic carbocycles. The Morgan fingerprint density at radius 2 is 2.13 bits per heavy atom. The first-order valence-electron chi connectivity index (χ1n) is 4.93. The van der Waals surface area contributed by atoms with Crippen LogP contribution < -0.4 is 5.46 Å². The smallest absolute Gasteiger partial charge is 0.423 e. The Balaban J connectivity index is 2.55. The SMILES string of the molecule is CC(=O)c1ccc2c(c1)B(O)OC2(C)C. The van der Waals surface area contributed by atoms with Crippen LogP contribution in [0.25, 0.3) is 0 Å². The maximum absolute atomic E-state index is 11.2. The van der Waals surface area contributed by atoms with Crippen LogP contribution in [0.1, 0.15) is 36.7 Å². The van der Waals surface area contributed by atoms with Crippen LogP contribution in [0.15, 0.2) is 18.2 Å². The molecule has 15 heavy (non-hydrogen) atoms. The van der Waals surface area contributed by atoms with E-state index in [1.54, 1.807) is 12.1 Å². The highest BCUT2D eigenvalue weighted by Crippen LogP contribution is 2.29. The van der Waals surface area contributed by atoms with Crippen molar-refractivity contribution >= 4 is 18.4 Å². The van der Waals surface area contributed by atoms with Crippen molar-refractivity contribution < 1.29 is 14.5 Å². The van der Waals surface area contributed by atoms with Gasteiger partial charge in [0.1, 0.15) is 0 Å². The van der Waals surface area contributed by atoms with Gasteiger partial charge in [0.25, 0.3) is 0 Å². The summed E-state index contributed by atoms with van der Waals surface area (Å²) in [6.07, 6.45) is 0. The zero-order valence-corrected chi connectivity index (χ0v) is 9.07. The Morgan fingerprint density at radius 1 is 1.47 bits per heavy atom. The fraction of sp³-hybridized carbons (Fsp3) is 0.364. The largest absolute Gasteiger partial charge is 0.492 e. The van der Waals surface area contributed by atoms with Crippen LogP contribution in [0.5, 0.6) is 0 Å². The lowest BCUT2D eigenvalue weighted by molar-refractivity contribution is 0.0998. The van der Waals surface area contributed by atoms with Crippen molar-refractivity contribution in [3.05, 3.63) is 29.3 Å². The van der Waals surface area contributed by atoms with Crippen LogP contribution in [0.2, 0.25) is 0 Å². The molecule has 0 unspecified atom stereocenters. The van der Waals surface area contributed by atoms with Crippen molar-refractivity contribution in [3.8, 4) is 0 Å². The fourth-order valence-corrected chi connectivity index (χ4v) is 1.94. The molecule has 0 saturated carbocycles. The van der Waals surface area contributed by atoms with E-state index in [1.807, 2.05) is 19.9 Å². The van der Waals surface area contributed by atoms with Gasteiger partial charge >= 0.3 is 7.12 Å². The Hall–Kier alpha value is -1.13. The van der Waals surface area contributed by atoms with Crippen molar-refractivity contribution in [1.82, 2.24) is 0 Å². The van der Waals surface area contributed by atoms with Crippen molar-refractivity contribution in [2.24, 2.45) is 0 Å². The maximum atomic E-state index is 11.2. The molecule has 1 heterocycles. The normalized spacial score (nSPS) is 17.7. The predicted molar refractivity (Wildman–Crippen MR) is 58.2 cm³/mol. The molecule has 4 heteroatoms. The van der Waals surface area contributed by atoms with Crippen LogP contribution in [-0.4, -0.2) is 17.9 Å². The molecule has 0 bridgehead atoms. The number of rotatable bonds is 1. The highest BCUT2D eigenvalue weighted by molar-refractivity contribution is 6.62. The van der Waals surface area contributed by atoms with E-state index >= 15 is 0 Å². The maximum Gasteiger partial charge on any atom is 0.492 e. The summed E-state index contributed by atoms with van der Waals surface area (Å²) in [6.45, 7) is 5.31. The topological polar surface area (TPSA) is 46.5 Å². The summed E-state index contributed by atoms with van der Waals surface area (Å²) in [6, 6.07) is 5.32. The van der Waals surface area contributed by atoms with Gasteiger partial charge in [-0.25, -0.2) is 0 Å². The van der Waals surface area contributed by atoms with Gasteiger partial charge in [0.05, 0.1) is 5.60 Å². The van der Waals surface area contributed by atoms with Gasteiger partial charge in [0.2, 0.25) is 0 Å². The first-order chi connectivity index (χ1) is 6.92. The van der Waals surface area contributed by atoms with Crippen LogP contribution >= 0.6 is 0 Å². The highest BCUT2D eigenvalue weighted by Gasteiger charge is 2.40. The molecule has 1 aromatic rings. The third kappa shape index (κ3) is 1.60. The molecule has 78 valence electrons. The number of carbonyl (C=O) groups is 1. The summed E-state index contributed by atoms with van der Waals surface area (Å²) in [5, 5.41) is 9.69. The lowest BCUT2D eigenvalue weighted by Crippen LogP contribution is -2.29. The Morgan fingerprint density at radius 3 is 2.73 bits per heavy atom. The van der Waals surface area contributed by atoms with Gasteiger partial charge in [-0.05, 0) is 31.8 Å². The summed E-state index contributed by atoms with van der Waals surface area (Å²) >= 11 is 0. The lowest BCUT2D eigenvalue weighted by atomic mass is 9.77. The fourth-order valence-electron chi connectivity index (χ4n) is 1.94. The highest BCUT2D eigenvalue weighted by atomic mass is 16.5. The van der Waals surface area contributed by atoms with E-state index in [-0.39, 0.29) is 5.78 Å². The van der Waals surface area contributed by atoms with E-state index in [1.165, 1.54) is 6.92 Å². The summed E-state index contributed by atoms with van der Waals surface area (Å²) in [7, 11) is -0.922. The van der Waals surface area contributed by atoms with Gasteiger partial charge in [-0.15, -0.1) is 0 Å². The zero-order valence-electron chi connectivity index (χ0n) is 9.07. The van der Waals surface area contributed by atoms with E-state index in [0.717, 1.165) is 5.56 Å². The molecule has 0 amide bonds. The summed E-state index contributed by atoms with van der Waals surface area (Å²) in [5.74, 6) is -0.00490. The number of Topliss-reactive ketones (excluding diaryl/α,β-unsaturated/α-hetero) is 1. The molecular weight excluding hydrogens is 191 g/mol.